The second-order valence-corrected chi connectivity index (χ2v) is 5.87. The zero-order chi connectivity index (χ0) is 13.6. The molecular weight excluding hydrogens is 256 g/mol. The summed E-state index contributed by atoms with van der Waals surface area (Å²) in [7, 11) is -3.43. The molecule has 1 heterocycles. The molecule has 1 rings (SSSR count). The van der Waals surface area contributed by atoms with Gasteiger partial charge in [-0.25, -0.2) is 13.1 Å². The van der Waals surface area contributed by atoms with E-state index in [-0.39, 0.29) is 25.1 Å². The zero-order valence-corrected chi connectivity index (χ0v) is 10.9. The van der Waals surface area contributed by atoms with Crippen LogP contribution < -0.4 is 4.72 Å². The highest BCUT2D eigenvalue weighted by Crippen LogP contribution is 2.05. The Morgan fingerprint density at radius 1 is 1.50 bits per heavy atom. The molecule has 0 unspecified atom stereocenters. The van der Waals surface area contributed by atoms with Crippen LogP contribution >= 0.6 is 0 Å². The molecule has 0 bridgehead atoms. The van der Waals surface area contributed by atoms with E-state index in [4.69, 9.17) is 5.11 Å². The van der Waals surface area contributed by atoms with Gasteiger partial charge in [-0.1, -0.05) is 0 Å². The summed E-state index contributed by atoms with van der Waals surface area (Å²) in [4.78, 5) is 14.2. The fourth-order valence-electron chi connectivity index (χ4n) is 1.37. The molecule has 0 aromatic carbocycles. The second kappa shape index (κ2) is 6.46. The monoisotopic (exact) mass is 272 g/mol. The third-order valence-electron chi connectivity index (χ3n) is 2.42. The Labute approximate surface area is 106 Å². The lowest BCUT2D eigenvalue weighted by molar-refractivity contribution is -0.137. The molecule has 6 nitrogen and oxygen atoms in total. The summed E-state index contributed by atoms with van der Waals surface area (Å²) in [5, 5.41) is 8.43. The molecule has 0 atom stereocenters. The van der Waals surface area contributed by atoms with Crippen molar-refractivity contribution in [3.8, 4) is 0 Å². The van der Waals surface area contributed by atoms with E-state index in [0.29, 0.717) is 0 Å². The van der Waals surface area contributed by atoms with Gasteiger partial charge in [0.2, 0.25) is 10.0 Å². The molecule has 0 amide bonds. The summed E-state index contributed by atoms with van der Waals surface area (Å²) < 4.78 is 25.6. The van der Waals surface area contributed by atoms with E-state index in [2.05, 4.69) is 9.71 Å². The van der Waals surface area contributed by atoms with E-state index in [1.54, 1.807) is 18.5 Å². The summed E-state index contributed by atoms with van der Waals surface area (Å²) in [6.07, 6.45) is 3.23. The molecule has 100 valence electrons. The first-order chi connectivity index (χ1) is 8.41. The largest absolute Gasteiger partial charge is 0.481 e. The Balaban J connectivity index is 2.47. The summed E-state index contributed by atoms with van der Waals surface area (Å²) >= 11 is 0. The number of sulfonamides is 1. The summed E-state index contributed by atoms with van der Waals surface area (Å²) in [5.74, 6) is -1.17. The molecule has 0 aliphatic rings. The van der Waals surface area contributed by atoms with Crippen LogP contribution in [0, 0.1) is 6.92 Å². The molecule has 0 aliphatic heterocycles. The lowest BCUT2D eigenvalue weighted by Crippen LogP contribution is -2.26. The van der Waals surface area contributed by atoms with Crippen LogP contribution in [0.4, 0.5) is 0 Å². The normalized spacial score (nSPS) is 11.4. The molecule has 0 aliphatic carbocycles. The average Bonchev–Trinajstić information content (AvgIpc) is 2.27. The molecule has 1 aromatic rings. The number of aryl methyl sites for hydroxylation is 1. The number of rotatable bonds is 7. The summed E-state index contributed by atoms with van der Waals surface area (Å²) in [5.41, 5.74) is 1.76. The number of hydrogen-bond acceptors (Lipinski definition) is 4. The number of carboxylic acids is 1. The first-order valence-corrected chi connectivity index (χ1v) is 7.14. The van der Waals surface area contributed by atoms with Gasteiger partial charge in [-0.3, -0.25) is 9.78 Å². The Morgan fingerprint density at radius 3 is 2.83 bits per heavy atom. The highest BCUT2D eigenvalue weighted by molar-refractivity contribution is 7.89. The van der Waals surface area contributed by atoms with E-state index in [9.17, 15) is 13.2 Å². The maximum Gasteiger partial charge on any atom is 0.303 e. The third-order valence-corrected chi connectivity index (χ3v) is 3.83. The highest BCUT2D eigenvalue weighted by atomic mass is 32.2. The van der Waals surface area contributed by atoms with Crippen molar-refractivity contribution < 1.29 is 18.3 Å². The van der Waals surface area contributed by atoms with Crippen LogP contribution in [-0.2, 0) is 21.4 Å². The van der Waals surface area contributed by atoms with Crippen molar-refractivity contribution in [1.29, 1.82) is 0 Å². The Kier molecular flexibility index (Phi) is 5.24. The number of pyridine rings is 1. The average molecular weight is 272 g/mol. The molecular formula is C11H16N2O4S. The minimum absolute atomic E-state index is 0.111. The van der Waals surface area contributed by atoms with Crippen LogP contribution in [0.2, 0.25) is 0 Å². The van der Waals surface area contributed by atoms with Crippen LogP contribution in [0.5, 0.6) is 0 Å². The molecule has 0 spiro atoms. The topological polar surface area (TPSA) is 96.4 Å². The second-order valence-electron chi connectivity index (χ2n) is 3.94. The summed E-state index contributed by atoms with van der Waals surface area (Å²) in [6, 6.07) is 1.75. The van der Waals surface area contributed by atoms with Gasteiger partial charge in [-0.15, -0.1) is 0 Å². The summed E-state index contributed by atoms with van der Waals surface area (Å²) in [6.45, 7) is 2.05. The van der Waals surface area contributed by atoms with Crippen LogP contribution in [0.1, 0.15) is 24.0 Å². The minimum Gasteiger partial charge on any atom is -0.481 e. The van der Waals surface area contributed by atoms with Crippen molar-refractivity contribution in [3.05, 3.63) is 29.6 Å². The van der Waals surface area contributed by atoms with Crippen LogP contribution in [-0.4, -0.2) is 30.2 Å². The van der Waals surface area contributed by atoms with Crippen molar-refractivity contribution in [1.82, 2.24) is 9.71 Å². The first kappa shape index (κ1) is 14.6. The van der Waals surface area contributed by atoms with E-state index in [1.807, 2.05) is 6.92 Å². The Hall–Kier alpha value is -1.47. The van der Waals surface area contributed by atoms with Crippen LogP contribution in [0.15, 0.2) is 18.5 Å². The van der Waals surface area contributed by atoms with Crippen LogP contribution in [0.25, 0.3) is 0 Å². The van der Waals surface area contributed by atoms with Gasteiger partial charge < -0.3 is 5.11 Å². The first-order valence-electron chi connectivity index (χ1n) is 5.49. The minimum atomic E-state index is -3.43. The van der Waals surface area contributed by atoms with Gasteiger partial charge in [0.25, 0.3) is 0 Å². The number of carboxylic acid groups (broad SMARTS) is 1. The van der Waals surface area contributed by atoms with E-state index in [0.717, 1.165) is 11.1 Å². The van der Waals surface area contributed by atoms with Gasteiger partial charge in [-0.2, -0.15) is 0 Å². The van der Waals surface area contributed by atoms with Gasteiger partial charge in [0, 0.05) is 25.4 Å². The fourth-order valence-corrected chi connectivity index (χ4v) is 2.42. The molecule has 0 saturated carbocycles. The number of nitrogens with zero attached hydrogens (tertiary/aromatic N) is 1. The van der Waals surface area contributed by atoms with Gasteiger partial charge in [0.15, 0.2) is 0 Å². The van der Waals surface area contributed by atoms with Gasteiger partial charge >= 0.3 is 5.97 Å². The Bertz CT molecular complexity index is 514. The van der Waals surface area contributed by atoms with Crippen molar-refractivity contribution in [2.45, 2.75) is 26.3 Å². The standard InChI is InChI=1S/C11H16N2O4S/c1-9-7-12-5-4-10(9)8-13-18(16,17)6-2-3-11(14)15/h4-5,7,13H,2-3,6,8H2,1H3,(H,14,15). The van der Waals surface area contributed by atoms with Gasteiger partial charge in [0.05, 0.1) is 5.75 Å². The number of aliphatic carboxylic acids is 1. The van der Waals surface area contributed by atoms with Gasteiger partial charge in [0.1, 0.15) is 0 Å². The number of aromatic nitrogens is 1. The quantitative estimate of drug-likeness (QED) is 0.760. The predicted molar refractivity (Wildman–Crippen MR) is 66.5 cm³/mol. The van der Waals surface area contributed by atoms with Crippen LogP contribution in [0.3, 0.4) is 0 Å². The number of carbonyl (C=O) groups is 1. The van der Waals surface area contributed by atoms with E-state index >= 15 is 0 Å². The predicted octanol–water partition coefficient (Wildman–Crippen LogP) is 0.674. The molecule has 7 heteroatoms. The molecule has 0 fully saturated rings. The lowest BCUT2D eigenvalue weighted by Gasteiger charge is -2.07. The fraction of sp³-hybridized carbons (Fsp3) is 0.455. The lowest BCUT2D eigenvalue weighted by atomic mass is 10.2. The number of hydrogen-bond donors (Lipinski definition) is 2. The highest BCUT2D eigenvalue weighted by Gasteiger charge is 2.11. The van der Waals surface area contributed by atoms with E-state index in [1.165, 1.54) is 0 Å². The van der Waals surface area contributed by atoms with Crippen molar-refractivity contribution in [2.24, 2.45) is 0 Å². The molecule has 0 saturated heterocycles. The smallest absolute Gasteiger partial charge is 0.303 e. The molecule has 1 aromatic heterocycles. The van der Waals surface area contributed by atoms with Crippen molar-refractivity contribution >= 4 is 16.0 Å². The number of nitrogens with one attached hydrogen (secondary N) is 1. The van der Waals surface area contributed by atoms with Crippen molar-refractivity contribution in [2.75, 3.05) is 5.75 Å². The SMILES string of the molecule is Cc1cnccc1CNS(=O)(=O)CCCC(=O)O. The maximum absolute atomic E-state index is 11.6. The maximum atomic E-state index is 11.6. The Morgan fingerprint density at radius 2 is 2.22 bits per heavy atom. The van der Waals surface area contributed by atoms with Gasteiger partial charge in [-0.05, 0) is 30.5 Å². The molecule has 2 N–H and O–H groups in total. The van der Waals surface area contributed by atoms with E-state index < -0.39 is 16.0 Å². The van der Waals surface area contributed by atoms with Crippen molar-refractivity contribution in [3.63, 3.8) is 0 Å². The molecule has 18 heavy (non-hydrogen) atoms. The third kappa shape index (κ3) is 5.24. The molecule has 0 radical (unpaired) electrons. The zero-order valence-electron chi connectivity index (χ0n) is 10.1.